The third-order valence-electron chi connectivity index (χ3n) is 6.12. The van der Waals surface area contributed by atoms with Crippen LogP contribution in [0.15, 0.2) is 42.7 Å². The van der Waals surface area contributed by atoms with Crippen LogP contribution in [0.1, 0.15) is 30.4 Å². The van der Waals surface area contributed by atoms with Gasteiger partial charge in [0.2, 0.25) is 0 Å². The number of hydrogen-bond acceptors (Lipinski definition) is 5. The van der Waals surface area contributed by atoms with Gasteiger partial charge in [-0.15, -0.1) is 0 Å². The minimum absolute atomic E-state index is 0.268. The van der Waals surface area contributed by atoms with Crippen LogP contribution in [0.5, 0.6) is 11.5 Å². The van der Waals surface area contributed by atoms with Gasteiger partial charge in [-0.05, 0) is 42.5 Å². The van der Waals surface area contributed by atoms with Crippen LogP contribution >= 0.6 is 0 Å². The molecule has 4 rings (SSSR count). The molecule has 0 unspecified atom stereocenters. The summed E-state index contributed by atoms with van der Waals surface area (Å²) in [6.07, 6.45) is 6.36. The first-order valence-electron chi connectivity index (χ1n) is 9.75. The van der Waals surface area contributed by atoms with Gasteiger partial charge in [-0.1, -0.05) is 18.6 Å². The molecule has 0 spiro atoms. The highest BCUT2D eigenvalue weighted by Crippen LogP contribution is 2.49. The number of carboxylic acids is 1. The van der Waals surface area contributed by atoms with E-state index in [0.29, 0.717) is 24.7 Å². The topological polar surface area (TPSA) is 71.9 Å². The normalized spacial score (nSPS) is 24.1. The van der Waals surface area contributed by atoms with Crippen molar-refractivity contribution in [1.82, 2.24) is 9.88 Å². The van der Waals surface area contributed by atoms with Crippen molar-refractivity contribution >= 4 is 5.97 Å². The summed E-state index contributed by atoms with van der Waals surface area (Å²) in [7, 11) is 1.63. The zero-order chi connectivity index (χ0) is 19.6. The molecule has 1 aliphatic carbocycles. The molecule has 28 heavy (non-hydrogen) atoms. The maximum absolute atomic E-state index is 11.9. The average molecular weight is 382 g/mol. The minimum atomic E-state index is -0.632. The summed E-state index contributed by atoms with van der Waals surface area (Å²) >= 11 is 0. The molecule has 2 aromatic rings. The number of aliphatic carboxylic acids is 1. The third kappa shape index (κ3) is 3.56. The highest BCUT2D eigenvalue weighted by Gasteiger charge is 2.54. The number of aromatic nitrogens is 1. The van der Waals surface area contributed by atoms with E-state index >= 15 is 0 Å². The lowest BCUT2D eigenvalue weighted by Gasteiger charge is -2.23. The molecular formula is C22H26N2O4. The van der Waals surface area contributed by atoms with Crippen LogP contribution in [0.25, 0.3) is 0 Å². The molecule has 6 nitrogen and oxygen atoms in total. The monoisotopic (exact) mass is 382 g/mol. The molecule has 0 bridgehead atoms. The average Bonchev–Trinajstić information content (AvgIpc) is 3.25. The molecule has 2 heterocycles. The molecule has 1 N–H and O–H groups in total. The zero-order valence-corrected chi connectivity index (χ0v) is 16.1. The van der Waals surface area contributed by atoms with Gasteiger partial charge in [0.15, 0.2) is 11.5 Å². The number of hydrogen-bond donors (Lipinski definition) is 1. The molecule has 1 saturated carbocycles. The molecule has 0 amide bonds. The van der Waals surface area contributed by atoms with Crippen molar-refractivity contribution in [1.29, 1.82) is 0 Å². The molecule has 0 radical (unpaired) electrons. The van der Waals surface area contributed by atoms with E-state index in [-0.39, 0.29) is 5.92 Å². The number of benzene rings is 1. The standard InChI is InChI=1S/C22H26N2O4/c1-27-19-7-6-16(10-20(19)28-14-17-4-3-9-23-11-17)12-24-13-18-5-2-8-22(18,15-24)21(25)26/h3-4,6-7,9-11,18H,2,5,8,12-15H2,1H3,(H,25,26)/t18-,22+/m0/s1. The van der Waals surface area contributed by atoms with Crippen molar-refractivity contribution in [2.24, 2.45) is 11.3 Å². The number of ether oxygens (including phenoxy) is 2. The van der Waals surface area contributed by atoms with Gasteiger partial charge < -0.3 is 14.6 Å². The van der Waals surface area contributed by atoms with E-state index in [9.17, 15) is 9.90 Å². The summed E-state index contributed by atoms with van der Waals surface area (Å²) in [5.41, 5.74) is 1.54. The fourth-order valence-corrected chi connectivity index (χ4v) is 4.70. The van der Waals surface area contributed by atoms with E-state index in [1.807, 2.05) is 30.3 Å². The van der Waals surface area contributed by atoms with E-state index in [4.69, 9.17) is 9.47 Å². The van der Waals surface area contributed by atoms with E-state index in [1.165, 1.54) is 0 Å². The van der Waals surface area contributed by atoms with Crippen molar-refractivity contribution in [3.63, 3.8) is 0 Å². The molecule has 6 heteroatoms. The lowest BCUT2D eigenvalue weighted by Crippen LogP contribution is -2.35. The van der Waals surface area contributed by atoms with Crippen LogP contribution < -0.4 is 9.47 Å². The molecule has 1 aromatic carbocycles. The quantitative estimate of drug-likeness (QED) is 0.792. The zero-order valence-electron chi connectivity index (χ0n) is 16.1. The third-order valence-corrected chi connectivity index (χ3v) is 6.12. The van der Waals surface area contributed by atoms with Gasteiger partial charge >= 0.3 is 5.97 Å². The van der Waals surface area contributed by atoms with Crippen LogP contribution in [0, 0.1) is 11.3 Å². The second-order valence-electron chi connectivity index (χ2n) is 7.86. The smallest absolute Gasteiger partial charge is 0.311 e. The highest BCUT2D eigenvalue weighted by atomic mass is 16.5. The summed E-state index contributed by atoms with van der Waals surface area (Å²) in [5.74, 6) is 1.02. The Morgan fingerprint density at radius 3 is 2.93 bits per heavy atom. The molecular weight excluding hydrogens is 356 g/mol. The largest absolute Gasteiger partial charge is 0.493 e. The Hall–Kier alpha value is -2.60. The number of rotatable bonds is 7. The molecule has 1 aromatic heterocycles. The second kappa shape index (κ2) is 7.80. The summed E-state index contributed by atoms with van der Waals surface area (Å²) in [6.45, 7) is 2.62. The summed E-state index contributed by atoms with van der Waals surface area (Å²) in [5, 5.41) is 9.78. The lowest BCUT2D eigenvalue weighted by molar-refractivity contribution is -0.149. The first-order valence-corrected chi connectivity index (χ1v) is 9.75. The maximum Gasteiger partial charge on any atom is 0.311 e. The predicted molar refractivity (Wildman–Crippen MR) is 104 cm³/mol. The molecule has 1 saturated heterocycles. The fourth-order valence-electron chi connectivity index (χ4n) is 4.70. The number of carboxylic acid groups (broad SMARTS) is 1. The van der Waals surface area contributed by atoms with Gasteiger partial charge in [0.25, 0.3) is 0 Å². The Bertz CT molecular complexity index is 842. The number of likely N-dealkylation sites (tertiary alicyclic amines) is 1. The SMILES string of the molecule is COc1ccc(CN2C[C@@H]3CCC[C@@]3(C(=O)O)C2)cc1OCc1cccnc1. The van der Waals surface area contributed by atoms with E-state index in [1.54, 1.807) is 19.5 Å². The van der Waals surface area contributed by atoms with Gasteiger partial charge in [0.1, 0.15) is 6.61 Å². The van der Waals surface area contributed by atoms with Crippen LogP contribution in [0.4, 0.5) is 0 Å². The van der Waals surface area contributed by atoms with Crippen LogP contribution in [0.3, 0.4) is 0 Å². The number of methoxy groups -OCH3 is 1. The lowest BCUT2D eigenvalue weighted by atomic mass is 9.81. The number of nitrogens with zero attached hydrogens (tertiary/aromatic N) is 2. The van der Waals surface area contributed by atoms with Crippen LogP contribution in [0.2, 0.25) is 0 Å². The summed E-state index contributed by atoms with van der Waals surface area (Å²) in [4.78, 5) is 18.3. The summed E-state index contributed by atoms with van der Waals surface area (Å²) < 4.78 is 11.4. The van der Waals surface area contributed by atoms with Gasteiger partial charge in [0, 0.05) is 37.6 Å². The van der Waals surface area contributed by atoms with E-state index in [2.05, 4.69) is 9.88 Å². The Balaban J connectivity index is 1.46. The fraction of sp³-hybridized carbons (Fsp3) is 0.455. The summed E-state index contributed by atoms with van der Waals surface area (Å²) in [6, 6.07) is 9.79. The van der Waals surface area contributed by atoms with Gasteiger partial charge in [-0.25, -0.2) is 0 Å². The van der Waals surface area contributed by atoms with Crippen molar-refractivity contribution < 1.29 is 19.4 Å². The Morgan fingerprint density at radius 1 is 1.32 bits per heavy atom. The molecule has 148 valence electrons. The minimum Gasteiger partial charge on any atom is -0.493 e. The van der Waals surface area contributed by atoms with Crippen LogP contribution in [-0.2, 0) is 17.9 Å². The number of fused-ring (bicyclic) bond motifs is 1. The van der Waals surface area contributed by atoms with Crippen molar-refractivity contribution in [3.05, 3.63) is 53.9 Å². The highest BCUT2D eigenvalue weighted by molar-refractivity contribution is 5.76. The van der Waals surface area contributed by atoms with E-state index < -0.39 is 11.4 Å². The van der Waals surface area contributed by atoms with E-state index in [0.717, 1.165) is 43.5 Å². The molecule has 1 aliphatic heterocycles. The Kier molecular flexibility index (Phi) is 5.22. The van der Waals surface area contributed by atoms with Crippen LogP contribution in [-0.4, -0.2) is 41.2 Å². The van der Waals surface area contributed by atoms with Crippen molar-refractivity contribution in [2.75, 3.05) is 20.2 Å². The molecule has 2 aliphatic rings. The second-order valence-corrected chi connectivity index (χ2v) is 7.86. The van der Waals surface area contributed by atoms with Gasteiger partial charge in [-0.2, -0.15) is 0 Å². The number of carbonyl (C=O) groups is 1. The van der Waals surface area contributed by atoms with Crippen molar-refractivity contribution in [2.45, 2.75) is 32.4 Å². The first kappa shape index (κ1) is 18.7. The Labute approximate surface area is 165 Å². The first-order chi connectivity index (χ1) is 13.6. The number of pyridine rings is 1. The maximum atomic E-state index is 11.9. The molecule has 2 atom stereocenters. The van der Waals surface area contributed by atoms with Gasteiger partial charge in [-0.3, -0.25) is 14.7 Å². The molecule has 2 fully saturated rings. The van der Waals surface area contributed by atoms with Gasteiger partial charge in [0.05, 0.1) is 12.5 Å². The predicted octanol–water partition coefficient (Wildman–Crippen LogP) is 3.36. The Morgan fingerprint density at radius 2 is 2.21 bits per heavy atom. The van der Waals surface area contributed by atoms with Crippen molar-refractivity contribution in [3.8, 4) is 11.5 Å².